The molecule has 3 rings (SSSR count). The monoisotopic (exact) mass is 400 g/mol. The van der Waals surface area contributed by atoms with Gasteiger partial charge in [0.05, 0.1) is 0 Å². The van der Waals surface area contributed by atoms with Crippen LogP contribution in [0, 0.1) is 5.92 Å². The van der Waals surface area contributed by atoms with Crippen molar-refractivity contribution in [3.63, 3.8) is 0 Å². The molecule has 0 saturated heterocycles. The Morgan fingerprint density at radius 2 is 1.57 bits per heavy atom. The zero-order chi connectivity index (χ0) is 19.1. The summed E-state index contributed by atoms with van der Waals surface area (Å²) in [5, 5.41) is 3.17. The first-order valence-electron chi connectivity index (χ1n) is 10.2. The van der Waals surface area contributed by atoms with Gasteiger partial charge in [0.1, 0.15) is 0 Å². The molecule has 1 aliphatic carbocycles. The zero-order valence-electron chi connectivity index (χ0n) is 17.1. The standard InChI is InChI=1S/C24H32N2O.ClH/c1-26(2)24(22-13-7-4-8-14-22)17-15-21(16-18-24)23(27)25-19-9-12-20-10-5-3-6-11-20;/h3-8,10-11,13-14,21H,9,12,15-19H2,1-2H3,(H,25,27);1H. The van der Waals surface area contributed by atoms with Crippen molar-refractivity contribution in [2.75, 3.05) is 20.6 Å². The van der Waals surface area contributed by atoms with Crippen LogP contribution in [0.15, 0.2) is 60.7 Å². The predicted molar refractivity (Wildman–Crippen MR) is 119 cm³/mol. The van der Waals surface area contributed by atoms with Crippen LogP contribution in [0.1, 0.15) is 43.2 Å². The number of rotatable bonds is 7. The van der Waals surface area contributed by atoms with Crippen molar-refractivity contribution in [3.05, 3.63) is 71.8 Å². The van der Waals surface area contributed by atoms with E-state index in [2.05, 4.69) is 78.9 Å². The molecule has 4 heteroatoms. The van der Waals surface area contributed by atoms with Crippen molar-refractivity contribution < 1.29 is 4.79 Å². The molecule has 28 heavy (non-hydrogen) atoms. The van der Waals surface area contributed by atoms with Gasteiger partial charge in [0.25, 0.3) is 0 Å². The van der Waals surface area contributed by atoms with Crippen LogP contribution >= 0.6 is 12.4 Å². The van der Waals surface area contributed by atoms with Crippen LogP contribution in [-0.2, 0) is 16.8 Å². The van der Waals surface area contributed by atoms with Gasteiger partial charge in [-0.15, -0.1) is 12.4 Å². The molecule has 0 spiro atoms. The third kappa shape index (κ3) is 5.36. The van der Waals surface area contributed by atoms with E-state index in [1.807, 2.05) is 6.07 Å². The third-order valence-electron chi connectivity index (χ3n) is 6.14. The van der Waals surface area contributed by atoms with Gasteiger partial charge < -0.3 is 5.32 Å². The van der Waals surface area contributed by atoms with Crippen LogP contribution in [0.4, 0.5) is 0 Å². The first-order chi connectivity index (χ1) is 13.1. The lowest BCUT2D eigenvalue weighted by Crippen LogP contribution is -2.46. The Balaban J connectivity index is 0.00000280. The molecule has 0 unspecified atom stereocenters. The van der Waals surface area contributed by atoms with E-state index < -0.39 is 0 Å². The molecule has 1 amide bonds. The average Bonchev–Trinajstić information content (AvgIpc) is 2.72. The van der Waals surface area contributed by atoms with Crippen LogP contribution in [-0.4, -0.2) is 31.4 Å². The van der Waals surface area contributed by atoms with E-state index in [4.69, 9.17) is 0 Å². The van der Waals surface area contributed by atoms with Gasteiger partial charge in [0.15, 0.2) is 0 Å². The molecule has 1 N–H and O–H groups in total. The number of halogens is 1. The predicted octanol–water partition coefficient (Wildman–Crippen LogP) is 4.80. The number of aryl methyl sites for hydroxylation is 1. The summed E-state index contributed by atoms with van der Waals surface area (Å²) >= 11 is 0. The number of benzene rings is 2. The van der Waals surface area contributed by atoms with E-state index in [0.29, 0.717) is 0 Å². The smallest absolute Gasteiger partial charge is 0.223 e. The van der Waals surface area contributed by atoms with Crippen molar-refractivity contribution in [2.24, 2.45) is 5.92 Å². The lowest BCUT2D eigenvalue weighted by atomic mass is 9.71. The molecule has 0 aromatic heterocycles. The van der Waals surface area contributed by atoms with E-state index in [-0.39, 0.29) is 29.8 Å². The molecule has 1 fully saturated rings. The van der Waals surface area contributed by atoms with Crippen molar-refractivity contribution in [2.45, 2.75) is 44.1 Å². The van der Waals surface area contributed by atoms with E-state index in [0.717, 1.165) is 45.1 Å². The number of carbonyl (C=O) groups excluding carboxylic acids is 1. The largest absolute Gasteiger partial charge is 0.356 e. The second kappa shape index (κ2) is 10.6. The Kier molecular flexibility index (Phi) is 8.53. The van der Waals surface area contributed by atoms with Gasteiger partial charge in [-0.05, 0) is 63.7 Å². The molecule has 152 valence electrons. The average molecular weight is 401 g/mol. The number of nitrogens with zero attached hydrogens (tertiary/aromatic N) is 1. The maximum Gasteiger partial charge on any atom is 0.223 e. The normalized spacial score (nSPS) is 21.8. The number of hydrogen-bond acceptors (Lipinski definition) is 2. The highest BCUT2D eigenvalue weighted by molar-refractivity contribution is 5.85. The Bertz CT molecular complexity index is 710. The van der Waals surface area contributed by atoms with E-state index >= 15 is 0 Å². The van der Waals surface area contributed by atoms with Gasteiger partial charge in [-0.1, -0.05) is 60.7 Å². The van der Waals surface area contributed by atoms with Gasteiger partial charge in [-0.2, -0.15) is 0 Å². The molecule has 1 saturated carbocycles. The molecule has 0 radical (unpaired) electrons. The molecule has 2 aromatic rings. The van der Waals surface area contributed by atoms with Crippen LogP contribution in [0.25, 0.3) is 0 Å². The second-order valence-electron chi connectivity index (χ2n) is 7.95. The minimum absolute atomic E-state index is 0. The van der Waals surface area contributed by atoms with Gasteiger partial charge in [0.2, 0.25) is 5.91 Å². The van der Waals surface area contributed by atoms with E-state index in [9.17, 15) is 4.79 Å². The number of hydrogen-bond donors (Lipinski definition) is 1. The number of carbonyl (C=O) groups is 1. The van der Waals surface area contributed by atoms with Gasteiger partial charge in [-0.3, -0.25) is 9.69 Å². The van der Waals surface area contributed by atoms with Crippen molar-refractivity contribution in [1.29, 1.82) is 0 Å². The Morgan fingerprint density at radius 1 is 1.00 bits per heavy atom. The summed E-state index contributed by atoms with van der Waals surface area (Å²) < 4.78 is 0. The summed E-state index contributed by atoms with van der Waals surface area (Å²) in [5.74, 6) is 0.391. The summed E-state index contributed by atoms with van der Waals surface area (Å²) in [4.78, 5) is 14.9. The van der Waals surface area contributed by atoms with Gasteiger partial charge >= 0.3 is 0 Å². The highest BCUT2D eigenvalue weighted by Gasteiger charge is 2.40. The molecular weight excluding hydrogens is 368 g/mol. The van der Waals surface area contributed by atoms with Crippen LogP contribution in [0.2, 0.25) is 0 Å². The lowest BCUT2D eigenvalue weighted by Gasteiger charge is -2.45. The topological polar surface area (TPSA) is 32.3 Å². The third-order valence-corrected chi connectivity index (χ3v) is 6.14. The number of amides is 1. The highest BCUT2D eigenvalue weighted by atomic mass is 35.5. The minimum atomic E-state index is 0. The quantitative estimate of drug-likeness (QED) is 0.676. The van der Waals surface area contributed by atoms with Crippen LogP contribution in [0.5, 0.6) is 0 Å². The molecule has 0 aliphatic heterocycles. The second-order valence-corrected chi connectivity index (χ2v) is 7.95. The summed E-state index contributed by atoms with van der Waals surface area (Å²) in [7, 11) is 4.33. The van der Waals surface area contributed by atoms with E-state index in [1.165, 1.54) is 11.1 Å². The van der Waals surface area contributed by atoms with Crippen LogP contribution in [0.3, 0.4) is 0 Å². The molecular formula is C24H33ClN2O. The fourth-order valence-corrected chi connectivity index (χ4v) is 4.39. The minimum Gasteiger partial charge on any atom is -0.356 e. The summed E-state index contributed by atoms with van der Waals surface area (Å²) in [5.41, 5.74) is 2.77. The first kappa shape index (κ1) is 22.4. The molecule has 1 aliphatic rings. The SMILES string of the molecule is CN(C)C1(c2ccccc2)CCC(C(=O)NCCCc2ccccc2)CC1.Cl. The highest BCUT2D eigenvalue weighted by Crippen LogP contribution is 2.43. The molecule has 2 aromatic carbocycles. The zero-order valence-corrected chi connectivity index (χ0v) is 17.9. The fourth-order valence-electron chi connectivity index (χ4n) is 4.39. The van der Waals surface area contributed by atoms with Crippen molar-refractivity contribution >= 4 is 18.3 Å². The molecule has 3 nitrogen and oxygen atoms in total. The maximum atomic E-state index is 12.6. The van der Waals surface area contributed by atoms with E-state index in [1.54, 1.807) is 0 Å². The summed E-state index contributed by atoms with van der Waals surface area (Å²) in [6, 6.07) is 21.2. The molecule has 0 bridgehead atoms. The van der Waals surface area contributed by atoms with Crippen molar-refractivity contribution in [1.82, 2.24) is 10.2 Å². The Morgan fingerprint density at radius 3 is 2.14 bits per heavy atom. The van der Waals surface area contributed by atoms with Crippen LogP contribution < -0.4 is 5.32 Å². The molecule has 0 atom stereocenters. The first-order valence-corrected chi connectivity index (χ1v) is 10.2. The lowest BCUT2D eigenvalue weighted by molar-refractivity contribution is -0.127. The summed E-state index contributed by atoms with van der Waals surface area (Å²) in [6.07, 6.45) is 5.99. The van der Waals surface area contributed by atoms with Gasteiger partial charge in [-0.25, -0.2) is 0 Å². The number of nitrogens with one attached hydrogen (secondary N) is 1. The van der Waals surface area contributed by atoms with Gasteiger partial charge in [0, 0.05) is 18.0 Å². The Labute approximate surface area is 175 Å². The fraction of sp³-hybridized carbons (Fsp3) is 0.458. The molecule has 0 heterocycles. The van der Waals surface area contributed by atoms with Crippen molar-refractivity contribution in [3.8, 4) is 0 Å². The maximum absolute atomic E-state index is 12.6. The Hall–Kier alpha value is -1.84. The summed E-state index contributed by atoms with van der Waals surface area (Å²) in [6.45, 7) is 0.766.